The van der Waals surface area contributed by atoms with E-state index in [2.05, 4.69) is 0 Å². The van der Waals surface area contributed by atoms with Crippen LogP contribution in [0.5, 0.6) is 0 Å². The molecule has 0 aliphatic carbocycles. The first-order chi connectivity index (χ1) is 10.6. The van der Waals surface area contributed by atoms with Crippen LogP contribution in [0.25, 0.3) is 0 Å². The zero-order chi connectivity index (χ0) is 16.5. The van der Waals surface area contributed by atoms with E-state index in [1.807, 2.05) is 13.0 Å². The lowest BCUT2D eigenvalue weighted by molar-refractivity contribution is 0.180. The van der Waals surface area contributed by atoms with Crippen LogP contribution in [0.2, 0.25) is 0 Å². The van der Waals surface area contributed by atoms with Crippen LogP contribution < -0.4 is 0 Å². The lowest BCUT2D eigenvalue weighted by Crippen LogP contribution is -1.98. The topological polar surface area (TPSA) is 40.5 Å². The standard InChI is InChI=1S/C20H40O2/c1-19(21)17-15-13-11-9-7-5-3-4-6-8-10-12-14-16-18-20(2)22/h17,20-22H,3-16,18H2,1-2H3/b19-17-. The molecule has 0 rings (SSSR count). The Morgan fingerprint density at radius 3 is 1.45 bits per heavy atom. The molecule has 1 unspecified atom stereocenters. The molecule has 132 valence electrons. The third-order valence-electron chi connectivity index (χ3n) is 4.27. The first-order valence-corrected chi connectivity index (χ1v) is 9.66. The third-order valence-corrected chi connectivity index (χ3v) is 4.27. The van der Waals surface area contributed by atoms with Gasteiger partial charge < -0.3 is 10.2 Å². The van der Waals surface area contributed by atoms with Crippen molar-refractivity contribution in [2.75, 3.05) is 0 Å². The van der Waals surface area contributed by atoms with Crippen molar-refractivity contribution in [3.63, 3.8) is 0 Å². The lowest BCUT2D eigenvalue weighted by Gasteiger charge is -2.04. The third kappa shape index (κ3) is 19.5. The average Bonchev–Trinajstić information content (AvgIpc) is 2.46. The van der Waals surface area contributed by atoms with Gasteiger partial charge in [-0.05, 0) is 39.2 Å². The van der Waals surface area contributed by atoms with Crippen LogP contribution in [0.15, 0.2) is 11.8 Å². The van der Waals surface area contributed by atoms with Gasteiger partial charge in [0.15, 0.2) is 0 Å². The second-order valence-corrected chi connectivity index (χ2v) is 6.87. The number of aliphatic hydroxyl groups excluding tert-OH is 2. The summed E-state index contributed by atoms with van der Waals surface area (Å²) in [5, 5.41) is 18.2. The van der Waals surface area contributed by atoms with Gasteiger partial charge in [0, 0.05) is 0 Å². The summed E-state index contributed by atoms with van der Waals surface area (Å²) in [6.07, 6.45) is 21.2. The fourth-order valence-electron chi connectivity index (χ4n) is 2.84. The normalized spacial score (nSPS) is 13.5. The highest BCUT2D eigenvalue weighted by molar-refractivity contribution is 4.85. The summed E-state index contributed by atoms with van der Waals surface area (Å²) >= 11 is 0. The highest BCUT2D eigenvalue weighted by Crippen LogP contribution is 2.13. The predicted molar refractivity (Wildman–Crippen MR) is 97.3 cm³/mol. The second-order valence-electron chi connectivity index (χ2n) is 6.87. The molecule has 0 aromatic carbocycles. The Bertz CT molecular complexity index is 242. The van der Waals surface area contributed by atoms with Crippen LogP contribution >= 0.6 is 0 Å². The molecule has 0 bridgehead atoms. The molecule has 2 N–H and O–H groups in total. The van der Waals surface area contributed by atoms with Gasteiger partial charge in [0.2, 0.25) is 0 Å². The smallest absolute Gasteiger partial charge is 0.0851 e. The van der Waals surface area contributed by atoms with Crippen molar-refractivity contribution >= 4 is 0 Å². The number of hydrogen-bond donors (Lipinski definition) is 2. The number of rotatable bonds is 16. The molecule has 0 aliphatic heterocycles. The van der Waals surface area contributed by atoms with E-state index < -0.39 is 0 Å². The Hall–Kier alpha value is -0.500. The molecule has 0 saturated carbocycles. The van der Waals surface area contributed by atoms with Crippen LogP contribution in [-0.4, -0.2) is 16.3 Å². The molecule has 0 spiro atoms. The maximum absolute atomic E-state index is 9.17. The van der Waals surface area contributed by atoms with Crippen molar-refractivity contribution in [3.8, 4) is 0 Å². The molecule has 0 amide bonds. The van der Waals surface area contributed by atoms with E-state index in [-0.39, 0.29) is 6.10 Å². The Labute approximate surface area is 139 Å². The average molecular weight is 313 g/mol. The Kier molecular flexibility index (Phi) is 16.5. The summed E-state index contributed by atoms with van der Waals surface area (Å²) in [4.78, 5) is 0. The molecule has 0 radical (unpaired) electrons. The van der Waals surface area contributed by atoms with Gasteiger partial charge in [-0.25, -0.2) is 0 Å². The van der Waals surface area contributed by atoms with Crippen LogP contribution in [-0.2, 0) is 0 Å². The van der Waals surface area contributed by atoms with Crippen LogP contribution in [0.4, 0.5) is 0 Å². The number of hydrogen-bond acceptors (Lipinski definition) is 2. The van der Waals surface area contributed by atoms with E-state index in [1.54, 1.807) is 6.92 Å². The maximum atomic E-state index is 9.17. The molecule has 2 nitrogen and oxygen atoms in total. The molecule has 0 fully saturated rings. The van der Waals surface area contributed by atoms with E-state index in [9.17, 15) is 0 Å². The van der Waals surface area contributed by atoms with Crippen molar-refractivity contribution in [1.82, 2.24) is 0 Å². The second kappa shape index (κ2) is 16.9. The summed E-state index contributed by atoms with van der Waals surface area (Å²) in [7, 11) is 0. The van der Waals surface area contributed by atoms with E-state index in [1.165, 1.54) is 83.5 Å². The number of allylic oxidation sites excluding steroid dienone is 2. The fraction of sp³-hybridized carbons (Fsp3) is 0.900. The molecular weight excluding hydrogens is 272 g/mol. The molecule has 0 aromatic heterocycles. The number of unbranched alkanes of at least 4 members (excludes halogenated alkanes) is 13. The number of aliphatic hydroxyl groups is 2. The Morgan fingerprint density at radius 1 is 0.727 bits per heavy atom. The molecule has 0 saturated heterocycles. The SMILES string of the molecule is C/C(O)=C/CCCCCCCCCCCCCCCC(C)O. The zero-order valence-electron chi connectivity index (χ0n) is 15.2. The molecule has 1 atom stereocenters. The van der Waals surface area contributed by atoms with E-state index >= 15 is 0 Å². The van der Waals surface area contributed by atoms with Crippen molar-refractivity contribution in [1.29, 1.82) is 0 Å². The highest BCUT2D eigenvalue weighted by atomic mass is 16.3. The first-order valence-electron chi connectivity index (χ1n) is 9.66. The zero-order valence-corrected chi connectivity index (χ0v) is 15.2. The molecule has 2 heteroatoms. The van der Waals surface area contributed by atoms with Gasteiger partial charge in [-0.1, -0.05) is 77.0 Å². The minimum absolute atomic E-state index is 0.116. The van der Waals surface area contributed by atoms with Crippen molar-refractivity contribution in [2.45, 2.75) is 116 Å². The first kappa shape index (κ1) is 21.5. The summed E-state index contributed by atoms with van der Waals surface area (Å²) in [6, 6.07) is 0. The summed E-state index contributed by atoms with van der Waals surface area (Å²) < 4.78 is 0. The van der Waals surface area contributed by atoms with Crippen molar-refractivity contribution in [3.05, 3.63) is 11.8 Å². The Balaban J connectivity index is 3.01. The van der Waals surface area contributed by atoms with Gasteiger partial charge in [0.25, 0.3) is 0 Å². The minimum atomic E-state index is -0.116. The van der Waals surface area contributed by atoms with Crippen molar-refractivity contribution in [2.24, 2.45) is 0 Å². The predicted octanol–water partition coefficient (Wildman–Crippen LogP) is 6.68. The van der Waals surface area contributed by atoms with Crippen molar-refractivity contribution < 1.29 is 10.2 Å². The summed E-state index contributed by atoms with van der Waals surface area (Å²) in [5.74, 6) is 0.461. The fourth-order valence-corrected chi connectivity index (χ4v) is 2.84. The molecule has 0 aromatic rings. The quantitative estimate of drug-likeness (QED) is 0.246. The van der Waals surface area contributed by atoms with Gasteiger partial charge in [0.05, 0.1) is 11.9 Å². The van der Waals surface area contributed by atoms with Gasteiger partial charge in [-0.2, -0.15) is 0 Å². The van der Waals surface area contributed by atoms with Gasteiger partial charge >= 0.3 is 0 Å². The minimum Gasteiger partial charge on any atom is -0.513 e. The molecule has 22 heavy (non-hydrogen) atoms. The largest absolute Gasteiger partial charge is 0.513 e. The van der Waals surface area contributed by atoms with Gasteiger partial charge in [-0.15, -0.1) is 0 Å². The van der Waals surface area contributed by atoms with Gasteiger partial charge in [0.1, 0.15) is 0 Å². The van der Waals surface area contributed by atoms with Crippen LogP contribution in [0.1, 0.15) is 110 Å². The van der Waals surface area contributed by atoms with Crippen LogP contribution in [0.3, 0.4) is 0 Å². The maximum Gasteiger partial charge on any atom is 0.0851 e. The molecular formula is C20H40O2. The van der Waals surface area contributed by atoms with E-state index in [0.717, 1.165) is 12.8 Å². The summed E-state index contributed by atoms with van der Waals surface area (Å²) in [5.41, 5.74) is 0. The van der Waals surface area contributed by atoms with E-state index in [4.69, 9.17) is 10.2 Å². The molecule has 0 aliphatic rings. The summed E-state index contributed by atoms with van der Waals surface area (Å²) in [6.45, 7) is 3.63. The lowest BCUT2D eigenvalue weighted by atomic mass is 10.0. The van der Waals surface area contributed by atoms with Gasteiger partial charge in [-0.3, -0.25) is 0 Å². The monoisotopic (exact) mass is 312 g/mol. The van der Waals surface area contributed by atoms with E-state index in [0.29, 0.717) is 5.76 Å². The van der Waals surface area contributed by atoms with Crippen LogP contribution in [0, 0.1) is 0 Å². The highest BCUT2D eigenvalue weighted by Gasteiger charge is 1.96. The molecule has 0 heterocycles. The Morgan fingerprint density at radius 2 is 1.09 bits per heavy atom.